The van der Waals surface area contributed by atoms with Gasteiger partial charge in [0.05, 0.1) is 25.0 Å². The molecule has 1 N–H and O–H groups in total. The van der Waals surface area contributed by atoms with Gasteiger partial charge in [0.15, 0.2) is 0 Å². The van der Waals surface area contributed by atoms with E-state index in [1.165, 1.54) is 4.90 Å². The second-order valence-electron chi connectivity index (χ2n) is 7.49. The molecule has 1 spiro atoms. The van der Waals surface area contributed by atoms with Crippen LogP contribution in [0.5, 0.6) is 0 Å². The van der Waals surface area contributed by atoms with E-state index in [1.807, 2.05) is 24.3 Å². The zero-order valence-electron chi connectivity index (χ0n) is 14.6. The van der Waals surface area contributed by atoms with Gasteiger partial charge in [-0.25, -0.2) is 0 Å². The summed E-state index contributed by atoms with van der Waals surface area (Å²) in [5, 5.41) is 2.96. The SMILES string of the molecule is COCCN1C(=O)C2C3CCCN3C3(C(=O)Nc4ccccc43)C2C1=O. The highest BCUT2D eigenvalue weighted by atomic mass is 16.5. The molecule has 7 nitrogen and oxygen atoms in total. The number of para-hydroxylation sites is 1. The monoisotopic (exact) mass is 355 g/mol. The lowest BCUT2D eigenvalue weighted by Gasteiger charge is -2.36. The molecule has 0 aliphatic carbocycles. The molecule has 4 aliphatic heterocycles. The maximum atomic E-state index is 13.3. The number of hydrogen-bond donors (Lipinski definition) is 1. The fourth-order valence-corrected chi connectivity index (χ4v) is 5.62. The van der Waals surface area contributed by atoms with Crippen LogP contribution in [0.4, 0.5) is 5.69 Å². The van der Waals surface area contributed by atoms with Gasteiger partial charge in [-0.05, 0) is 25.5 Å². The predicted octanol–water partition coefficient (Wildman–Crippen LogP) is 0.560. The minimum absolute atomic E-state index is 0.0547. The van der Waals surface area contributed by atoms with Crippen LogP contribution in [-0.4, -0.2) is 60.4 Å². The number of nitrogens with zero attached hydrogens (tertiary/aromatic N) is 2. The molecular formula is C19H21N3O4. The summed E-state index contributed by atoms with van der Waals surface area (Å²) >= 11 is 0. The Morgan fingerprint density at radius 3 is 2.85 bits per heavy atom. The van der Waals surface area contributed by atoms with E-state index in [4.69, 9.17) is 4.74 Å². The molecule has 4 aliphatic rings. The van der Waals surface area contributed by atoms with Crippen molar-refractivity contribution in [1.29, 1.82) is 0 Å². The molecule has 7 heteroatoms. The van der Waals surface area contributed by atoms with Crippen molar-refractivity contribution < 1.29 is 19.1 Å². The molecule has 1 aromatic rings. The Balaban J connectivity index is 1.68. The van der Waals surface area contributed by atoms with Gasteiger partial charge in [-0.2, -0.15) is 0 Å². The minimum Gasteiger partial charge on any atom is -0.383 e. The van der Waals surface area contributed by atoms with Crippen molar-refractivity contribution in [3.63, 3.8) is 0 Å². The number of hydrogen-bond acceptors (Lipinski definition) is 5. The molecule has 5 rings (SSSR count). The molecule has 3 fully saturated rings. The molecule has 0 saturated carbocycles. The van der Waals surface area contributed by atoms with E-state index < -0.39 is 17.4 Å². The minimum atomic E-state index is -1.06. The second kappa shape index (κ2) is 5.37. The first-order valence-electron chi connectivity index (χ1n) is 9.14. The summed E-state index contributed by atoms with van der Waals surface area (Å²) in [5.41, 5.74) is 0.523. The number of nitrogens with one attached hydrogen (secondary N) is 1. The quantitative estimate of drug-likeness (QED) is 0.802. The van der Waals surface area contributed by atoms with E-state index in [9.17, 15) is 14.4 Å². The summed E-state index contributed by atoms with van der Waals surface area (Å²) in [6.45, 7) is 1.28. The Kier molecular flexibility index (Phi) is 3.30. The van der Waals surface area contributed by atoms with Crippen LogP contribution >= 0.6 is 0 Å². The second-order valence-corrected chi connectivity index (χ2v) is 7.49. The lowest BCUT2D eigenvalue weighted by Crippen LogP contribution is -2.54. The molecule has 0 bridgehead atoms. The van der Waals surface area contributed by atoms with E-state index in [-0.39, 0.29) is 30.3 Å². The van der Waals surface area contributed by atoms with Gasteiger partial charge in [-0.1, -0.05) is 18.2 Å². The first-order chi connectivity index (χ1) is 12.6. The fourth-order valence-electron chi connectivity index (χ4n) is 5.62. The van der Waals surface area contributed by atoms with Crippen molar-refractivity contribution in [1.82, 2.24) is 9.80 Å². The van der Waals surface area contributed by atoms with Gasteiger partial charge in [0, 0.05) is 24.4 Å². The normalized spacial score (nSPS) is 35.2. The van der Waals surface area contributed by atoms with Gasteiger partial charge in [0.1, 0.15) is 5.54 Å². The lowest BCUT2D eigenvalue weighted by molar-refractivity contribution is -0.146. The number of methoxy groups -OCH3 is 1. The van der Waals surface area contributed by atoms with Crippen LogP contribution < -0.4 is 5.32 Å². The van der Waals surface area contributed by atoms with Gasteiger partial charge in [0.25, 0.3) is 0 Å². The van der Waals surface area contributed by atoms with Gasteiger partial charge in [0.2, 0.25) is 17.7 Å². The van der Waals surface area contributed by atoms with E-state index in [1.54, 1.807) is 7.11 Å². The van der Waals surface area contributed by atoms with Gasteiger partial charge < -0.3 is 10.1 Å². The zero-order chi connectivity index (χ0) is 18.1. The molecule has 0 aromatic heterocycles. The molecule has 26 heavy (non-hydrogen) atoms. The summed E-state index contributed by atoms with van der Waals surface area (Å²) in [6.07, 6.45) is 1.78. The average Bonchev–Trinajstić information content (AvgIpc) is 3.33. The number of likely N-dealkylation sites (tertiary alicyclic amines) is 1. The third-order valence-electron chi connectivity index (χ3n) is 6.51. The standard InChI is InChI=1S/C19H21N3O4/c1-26-10-9-21-16(23)14-13-7-4-8-22(13)19(15(14)17(21)24)11-5-2-3-6-12(11)20-18(19)25/h2-3,5-6,13-15H,4,7-10H2,1H3,(H,20,25). The Hall–Kier alpha value is -2.25. The third-order valence-corrected chi connectivity index (χ3v) is 6.51. The molecule has 1 aromatic carbocycles. The molecular weight excluding hydrogens is 334 g/mol. The molecule has 4 atom stereocenters. The van der Waals surface area contributed by atoms with Gasteiger partial charge in [-0.15, -0.1) is 0 Å². The molecule has 4 heterocycles. The van der Waals surface area contributed by atoms with Crippen molar-refractivity contribution in [3.8, 4) is 0 Å². The number of carbonyl (C=O) groups is 3. The summed E-state index contributed by atoms with van der Waals surface area (Å²) in [7, 11) is 1.55. The Morgan fingerprint density at radius 2 is 2.04 bits per heavy atom. The zero-order valence-corrected chi connectivity index (χ0v) is 14.6. The van der Waals surface area contributed by atoms with Crippen molar-refractivity contribution >= 4 is 23.4 Å². The highest BCUT2D eigenvalue weighted by Crippen LogP contribution is 2.60. The van der Waals surface area contributed by atoms with Gasteiger partial charge >= 0.3 is 0 Å². The number of imide groups is 1. The maximum absolute atomic E-state index is 13.3. The van der Waals surface area contributed by atoms with Crippen LogP contribution in [0.15, 0.2) is 24.3 Å². The molecule has 3 amide bonds. The van der Waals surface area contributed by atoms with Crippen LogP contribution in [0.2, 0.25) is 0 Å². The average molecular weight is 355 g/mol. The Bertz CT molecular complexity index is 825. The number of benzene rings is 1. The van der Waals surface area contributed by atoms with E-state index in [2.05, 4.69) is 10.2 Å². The number of amides is 3. The molecule has 0 radical (unpaired) electrons. The fraction of sp³-hybridized carbons (Fsp3) is 0.526. The number of fused-ring (bicyclic) bond motifs is 7. The van der Waals surface area contributed by atoms with Crippen LogP contribution in [0, 0.1) is 11.8 Å². The summed E-state index contributed by atoms with van der Waals surface area (Å²) in [4.78, 5) is 43.1. The van der Waals surface area contributed by atoms with Gasteiger partial charge in [-0.3, -0.25) is 24.2 Å². The predicted molar refractivity (Wildman–Crippen MR) is 92.1 cm³/mol. The summed E-state index contributed by atoms with van der Waals surface area (Å²) in [5.74, 6) is -1.66. The van der Waals surface area contributed by atoms with Crippen LogP contribution in [0.25, 0.3) is 0 Å². The number of ether oxygens (including phenoxy) is 1. The summed E-state index contributed by atoms with van der Waals surface area (Å²) < 4.78 is 5.07. The number of anilines is 1. The highest BCUT2D eigenvalue weighted by Gasteiger charge is 2.74. The topological polar surface area (TPSA) is 79.0 Å². The first kappa shape index (κ1) is 16.0. The van der Waals surface area contributed by atoms with Crippen molar-refractivity contribution in [2.45, 2.75) is 24.4 Å². The number of rotatable bonds is 3. The van der Waals surface area contributed by atoms with E-state index >= 15 is 0 Å². The maximum Gasteiger partial charge on any atom is 0.250 e. The van der Waals surface area contributed by atoms with Crippen molar-refractivity contribution in [3.05, 3.63) is 29.8 Å². The van der Waals surface area contributed by atoms with E-state index in [0.717, 1.165) is 30.6 Å². The Labute approximate surface area is 151 Å². The molecule has 3 saturated heterocycles. The highest BCUT2D eigenvalue weighted by molar-refractivity contribution is 6.15. The van der Waals surface area contributed by atoms with Crippen molar-refractivity contribution in [2.75, 3.05) is 32.1 Å². The number of carbonyl (C=O) groups excluding carboxylic acids is 3. The van der Waals surface area contributed by atoms with Crippen LogP contribution in [0.1, 0.15) is 18.4 Å². The smallest absolute Gasteiger partial charge is 0.250 e. The lowest BCUT2D eigenvalue weighted by atomic mass is 9.75. The largest absolute Gasteiger partial charge is 0.383 e. The third kappa shape index (κ3) is 1.68. The Morgan fingerprint density at radius 1 is 1.23 bits per heavy atom. The first-order valence-corrected chi connectivity index (χ1v) is 9.14. The van der Waals surface area contributed by atoms with Crippen molar-refractivity contribution in [2.24, 2.45) is 11.8 Å². The van der Waals surface area contributed by atoms with Crippen LogP contribution in [-0.2, 0) is 24.7 Å². The summed E-state index contributed by atoms with van der Waals surface area (Å²) in [6, 6.07) is 7.49. The van der Waals surface area contributed by atoms with Crippen LogP contribution in [0.3, 0.4) is 0 Å². The molecule has 136 valence electrons. The van der Waals surface area contributed by atoms with E-state index in [0.29, 0.717) is 6.61 Å². The molecule has 4 unspecified atom stereocenters.